The maximum absolute atomic E-state index is 11.8. The summed E-state index contributed by atoms with van der Waals surface area (Å²) in [5, 5.41) is 2.69. The highest BCUT2D eigenvalue weighted by Crippen LogP contribution is 2.20. The minimum atomic E-state index is -4.20. The second kappa shape index (κ2) is 5.86. The Morgan fingerprint density at radius 1 is 1.47 bits per heavy atom. The Morgan fingerprint density at radius 2 is 2.18 bits per heavy atom. The fourth-order valence-corrected chi connectivity index (χ4v) is 1.27. The number of hydrogen-bond acceptors (Lipinski definition) is 2. The SMILES string of the molecule is O=C(NCCCC(F)(F)F)c1cc(Cl)ccn1. The molecule has 0 atom stereocenters. The van der Waals surface area contributed by atoms with Gasteiger partial charge in [-0.25, -0.2) is 0 Å². The van der Waals surface area contributed by atoms with Crippen LogP contribution in [0.15, 0.2) is 18.3 Å². The average Bonchev–Trinajstić information content (AvgIpc) is 2.23. The zero-order chi connectivity index (χ0) is 12.9. The third-order valence-corrected chi connectivity index (χ3v) is 2.11. The number of rotatable bonds is 4. The van der Waals surface area contributed by atoms with Crippen LogP contribution >= 0.6 is 11.6 Å². The number of halogens is 4. The molecule has 1 N–H and O–H groups in total. The quantitative estimate of drug-likeness (QED) is 0.852. The van der Waals surface area contributed by atoms with Crippen molar-refractivity contribution in [2.75, 3.05) is 6.54 Å². The van der Waals surface area contributed by atoms with E-state index in [-0.39, 0.29) is 18.7 Å². The van der Waals surface area contributed by atoms with E-state index in [2.05, 4.69) is 10.3 Å². The number of carbonyl (C=O) groups excluding carboxylic acids is 1. The first kappa shape index (κ1) is 13.8. The van der Waals surface area contributed by atoms with Gasteiger partial charge in [-0.05, 0) is 18.6 Å². The molecule has 3 nitrogen and oxygen atoms in total. The summed E-state index contributed by atoms with van der Waals surface area (Å²) in [5.74, 6) is -0.533. The number of nitrogens with one attached hydrogen (secondary N) is 1. The maximum Gasteiger partial charge on any atom is 0.389 e. The van der Waals surface area contributed by atoms with Gasteiger partial charge in [0.05, 0.1) is 0 Å². The van der Waals surface area contributed by atoms with E-state index in [9.17, 15) is 18.0 Å². The highest BCUT2D eigenvalue weighted by atomic mass is 35.5. The molecule has 0 saturated heterocycles. The van der Waals surface area contributed by atoms with E-state index in [4.69, 9.17) is 11.6 Å². The number of nitrogens with zero attached hydrogens (tertiary/aromatic N) is 1. The molecule has 7 heteroatoms. The second-order valence-corrected chi connectivity index (χ2v) is 3.77. The van der Waals surface area contributed by atoms with Crippen LogP contribution in [-0.2, 0) is 0 Å². The Bertz CT molecular complexity index is 395. The number of amides is 1. The highest BCUT2D eigenvalue weighted by molar-refractivity contribution is 6.30. The lowest BCUT2D eigenvalue weighted by Crippen LogP contribution is -2.26. The van der Waals surface area contributed by atoms with Crippen molar-refractivity contribution in [1.82, 2.24) is 10.3 Å². The summed E-state index contributed by atoms with van der Waals surface area (Å²) in [7, 11) is 0. The molecule has 0 spiro atoms. The smallest absolute Gasteiger partial charge is 0.351 e. The van der Waals surface area contributed by atoms with E-state index < -0.39 is 18.5 Å². The molecule has 1 rings (SSSR count). The van der Waals surface area contributed by atoms with Crippen LogP contribution in [0.1, 0.15) is 23.3 Å². The zero-order valence-corrected chi connectivity index (χ0v) is 9.48. The van der Waals surface area contributed by atoms with Crippen molar-refractivity contribution in [1.29, 1.82) is 0 Å². The molecule has 0 aliphatic heterocycles. The number of hydrogen-bond donors (Lipinski definition) is 1. The van der Waals surface area contributed by atoms with Crippen molar-refractivity contribution in [3.05, 3.63) is 29.0 Å². The lowest BCUT2D eigenvalue weighted by atomic mass is 10.3. The van der Waals surface area contributed by atoms with Crippen LogP contribution in [0.4, 0.5) is 13.2 Å². The number of pyridine rings is 1. The second-order valence-electron chi connectivity index (χ2n) is 3.33. The third-order valence-electron chi connectivity index (χ3n) is 1.88. The topological polar surface area (TPSA) is 42.0 Å². The van der Waals surface area contributed by atoms with Gasteiger partial charge in [-0.15, -0.1) is 0 Å². The molecule has 1 amide bonds. The lowest BCUT2D eigenvalue weighted by molar-refractivity contribution is -0.135. The van der Waals surface area contributed by atoms with Gasteiger partial charge in [0.25, 0.3) is 5.91 Å². The molecule has 0 unspecified atom stereocenters. The molecule has 1 heterocycles. The summed E-state index contributed by atoms with van der Waals surface area (Å²) in [6.07, 6.45) is -3.92. The standard InChI is InChI=1S/C10H10ClF3N2O/c11-7-2-5-15-8(6-7)9(17)16-4-1-3-10(12,13)14/h2,5-6H,1,3-4H2,(H,16,17). The van der Waals surface area contributed by atoms with Crippen molar-refractivity contribution in [2.45, 2.75) is 19.0 Å². The van der Waals surface area contributed by atoms with Gasteiger partial charge >= 0.3 is 6.18 Å². The minimum absolute atomic E-state index is 0.0491. The van der Waals surface area contributed by atoms with Gasteiger partial charge in [0.2, 0.25) is 0 Å². The van der Waals surface area contributed by atoms with E-state index in [0.29, 0.717) is 5.02 Å². The molecule has 0 aliphatic rings. The first-order chi connectivity index (χ1) is 7.88. The van der Waals surface area contributed by atoms with Crippen LogP contribution in [0, 0.1) is 0 Å². The van der Waals surface area contributed by atoms with Gasteiger partial charge in [0, 0.05) is 24.2 Å². The van der Waals surface area contributed by atoms with Crippen molar-refractivity contribution < 1.29 is 18.0 Å². The average molecular weight is 267 g/mol. The summed E-state index contributed by atoms with van der Waals surface area (Å²) in [5.41, 5.74) is 0.0875. The van der Waals surface area contributed by atoms with Crippen molar-refractivity contribution in [3.63, 3.8) is 0 Å². The van der Waals surface area contributed by atoms with Gasteiger partial charge < -0.3 is 5.32 Å². The summed E-state index contributed by atoms with van der Waals surface area (Å²) in [4.78, 5) is 15.2. The monoisotopic (exact) mass is 266 g/mol. The zero-order valence-electron chi connectivity index (χ0n) is 8.72. The van der Waals surface area contributed by atoms with Crippen LogP contribution in [0.5, 0.6) is 0 Å². The Hall–Kier alpha value is -1.30. The largest absolute Gasteiger partial charge is 0.389 e. The molecule has 0 saturated carbocycles. The number of alkyl halides is 3. The van der Waals surface area contributed by atoms with E-state index in [1.54, 1.807) is 0 Å². The fourth-order valence-electron chi connectivity index (χ4n) is 1.11. The molecule has 0 radical (unpaired) electrons. The van der Waals surface area contributed by atoms with Gasteiger partial charge in [-0.1, -0.05) is 11.6 Å². The van der Waals surface area contributed by atoms with Crippen LogP contribution in [-0.4, -0.2) is 23.6 Å². The van der Waals surface area contributed by atoms with Gasteiger partial charge in [0.15, 0.2) is 0 Å². The molecule has 0 aliphatic carbocycles. The first-order valence-electron chi connectivity index (χ1n) is 4.85. The summed E-state index contributed by atoms with van der Waals surface area (Å²) in [6, 6.07) is 2.85. The first-order valence-corrected chi connectivity index (χ1v) is 5.23. The predicted octanol–water partition coefficient (Wildman–Crippen LogP) is 2.81. The molecule has 0 fully saturated rings. The van der Waals surface area contributed by atoms with Crippen LogP contribution < -0.4 is 5.32 Å². The van der Waals surface area contributed by atoms with Gasteiger partial charge in [-0.2, -0.15) is 13.2 Å². The Kier molecular flexibility index (Phi) is 4.74. The fraction of sp³-hybridized carbons (Fsp3) is 0.400. The molecule has 1 aromatic rings. The van der Waals surface area contributed by atoms with Crippen LogP contribution in [0.3, 0.4) is 0 Å². The Labute approximate surface area is 101 Å². The number of aromatic nitrogens is 1. The molecule has 0 bridgehead atoms. The summed E-state index contributed by atoms with van der Waals surface area (Å²) < 4.78 is 35.4. The van der Waals surface area contributed by atoms with Gasteiger partial charge in [0.1, 0.15) is 5.69 Å². The minimum Gasteiger partial charge on any atom is -0.351 e. The summed E-state index contributed by atoms with van der Waals surface area (Å²) in [6.45, 7) is -0.0491. The molecule has 17 heavy (non-hydrogen) atoms. The summed E-state index contributed by atoms with van der Waals surface area (Å²) >= 11 is 5.64. The lowest BCUT2D eigenvalue weighted by Gasteiger charge is -2.07. The molecular weight excluding hydrogens is 257 g/mol. The van der Waals surface area contributed by atoms with Gasteiger partial charge in [-0.3, -0.25) is 9.78 Å². The Balaban J connectivity index is 2.36. The van der Waals surface area contributed by atoms with Crippen LogP contribution in [0.2, 0.25) is 5.02 Å². The number of carbonyl (C=O) groups is 1. The Morgan fingerprint density at radius 3 is 2.76 bits per heavy atom. The molecule has 94 valence electrons. The van der Waals surface area contributed by atoms with E-state index in [0.717, 1.165) is 0 Å². The predicted molar refractivity (Wildman–Crippen MR) is 56.9 cm³/mol. The third kappa shape index (κ3) is 5.53. The maximum atomic E-state index is 11.8. The van der Waals surface area contributed by atoms with Crippen molar-refractivity contribution in [2.24, 2.45) is 0 Å². The normalized spacial score (nSPS) is 11.3. The van der Waals surface area contributed by atoms with Crippen molar-refractivity contribution in [3.8, 4) is 0 Å². The van der Waals surface area contributed by atoms with E-state index >= 15 is 0 Å². The highest BCUT2D eigenvalue weighted by Gasteiger charge is 2.26. The van der Waals surface area contributed by atoms with Crippen LogP contribution in [0.25, 0.3) is 0 Å². The van der Waals surface area contributed by atoms with E-state index in [1.165, 1.54) is 18.3 Å². The molecular formula is C10H10ClF3N2O. The molecule has 1 aromatic heterocycles. The van der Waals surface area contributed by atoms with Crippen molar-refractivity contribution >= 4 is 17.5 Å². The van der Waals surface area contributed by atoms with E-state index in [1.807, 2.05) is 0 Å². The molecule has 0 aromatic carbocycles.